The van der Waals surface area contributed by atoms with Crippen LogP contribution in [-0.4, -0.2) is 30.9 Å². The molecular formula is C19H21NO3S. The molecule has 5 heteroatoms. The molecule has 1 saturated carbocycles. The summed E-state index contributed by atoms with van der Waals surface area (Å²) in [4.78, 5) is 0.418. The number of hydrogen-bond acceptors (Lipinski definition) is 4. The van der Waals surface area contributed by atoms with Crippen molar-refractivity contribution in [1.29, 1.82) is 0 Å². The molecule has 2 atom stereocenters. The van der Waals surface area contributed by atoms with Crippen LogP contribution in [0.4, 0.5) is 0 Å². The molecule has 1 aliphatic heterocycles. The van der Waals surface area contributed by atoms with E-state index in [1.165, 1.54) is 0 Å². The SMILES string of the molecule is Cc1cccc(S(=O)(=O)C2CC23Cc2ccc(O)cc2CCN3)c1. The van der Waals surface area contributed by atoms with Crippen LogP contribution in [0.15, 0.2) is 47.4 Å². The van der Waals surface area contributed by atoms with Gasteiger partial charge in [-0.15, -0.1) is 0 Å². The van der Waals surface area contributed by atoms with E-state index in [-0.39, 0.29) is 16.5 Å². The van der Waals surface area contributed by atoms with Crippen LogP contribution in [0, 0.1) is 6.92 Å². The van der Waals surface area contributed by atoms with E-state index in [0.29, 0.717) is 17.7 Å². The first-order chi connectivity index (χ1) is 11.4. The Balaban J connectivity index is 1.66. The number of phenolic OH excluding ortho intramolecular Hbond substituents is 1. The summed E-state index contributed by atoms with van der Waals surface area (Å²) in [6, 6.07) is 12.6. The van der Waals surface area contributed by atoms with Crippen LogP contribution in [0.3, 0.4) is 0 Å². The maximum Gasteiger partial charge on any atom is 0.183 e. The van der Waals surface area contributed by atoms with Crippen LogP contribution in [0.5, 0.6) is 5.75 Å². The summed E-state index contributed by atoms with van der Waals surface area (Å²) in [6.07, 6.45) is 2.14. The fourth-order valence-corrected chi connectivity index (χ4v) is 6.10. The summed E-state index contributed by atoms with van der Waals surface area (Å²) >= 11 is 0. The molecular weight excluding hydrogens is 322 g/mol. The Bertz CT molecular complexity index is 907. The zero-order valence-electron chi connectivity index (χ0n) is 13.6. The Morgan fingerprint density at radius 1 is 1.17 bits per heavy atom. The summed E-state index contributed by atoms with van der Waals surface area (Å²) in [6.45, 7) is 2.64. The predicted molar refractivity (Wildman–Crippen MR) is 93.0 cm³/mol. The molecule has 2 unspecified atom stereocenters. The van der Waals surface area contributed by atoms with E-state index >= 15 is 0 Å². The van der Waals surface area contributed by atoms with E-state index in [9.17, 15) is 13.5 Å². The molecule has 0 amide bonds. The molecule has 0 bridgehead atoms. The molecule has 2 aromatic carbocycles. The van der Waals surface area contributed by atoms with Crippen LogP contribution in [0.2, 0.25) is 0 Å². The first-order valence-electron chi connectivity index (χ1n) is 8.27. The molecule has 2 aromatic rings. The number of phenols is 1. The van der Waals surface area contributed by atoms with Gasteiger partial charge in [0.2, 0.25) is 0 Å². The van der Waals surface area contributed by atoms with Crippen molar-refractivity contribution in [3.8, 4) is 5.75 Å². The van der Waals surface area contributed by atoms with Crippen molar-refractivity contribution >= 4 is 9.84 Å². The second-order valence-corrected chi connectivity index (χ2v) is 9.15. The lowest BCUT2D eigenvalue weighted by Gasteiger charge is -2.17. The fourth-order valence-electron chi connectivity index (χ4n) is 3.87. The quantitative estimate of drug-likeness (QED) is 0.879. The lowest BCUT2D eigenvalue weighted by Crippen LogP contribution is -2.38. The highest BCUT2D eigenvalue weighted by Gasteiger charge is 2.61. The van der Waals surface area contributed by atoms with Crippen molar-refractivity contribution in [2.45, 2.75) is 41.9 Å². The summed E-state index contributed by atoms with van der Waals surface area (Å²) < 4.78 is 26.0. The van der Waals surface area contributed by atoms with Crippen LogP contribution in [0.1, 0.15) is 23.1 Å². The molecule has 4 nitrogen and oxygen atoms in total. The third kappa shape index (κ3) is 2.52. The average molecular weight is 343 g/mol. The van der Waals surface area contributed by atoms with Gasteiger partial charge in [0, 0.05) is 5.54 Å². The van der Waals surface area contributed by atoms with E-state index in [1.807, 2.05) is 19.1 Å². The minimum Gasteiger partial charge on any atom is -0.508 e. The molecule has 1 heterocycles. The number of hydrogen-bond donors (Lipinski definition) is 2. The largest absolute Gasteiger partial charge is 0.508 e. The zero-order chi connectivity index (χ0) is 16.9. The van der Waals surface area contributed by atoms with Gasteiger partial charge in [0.25, 0.3) is 0 Å². The summed E-state index contributed by atoms with van der Waals surface area (Å²) in [5, 5.41) is 12.8. The molecule has 126 valence electrons. The number of aryl methyl sites for hydroxylation is 1. The first kappa shape index (κ1) is 15.7. The molecule has 2 aliphatic rings. The first-order valence-corrected chi connectivity index (χ1v) is 9.82. The standard InChI is InChI=1S/C19H21NO3S/c1-13-3-2-4-17(9-13)24(22,23)18-12-19(18)11-15-5-6-16(21)10-14(15)7-8-20-19/h2-6,9-10,18,20-21H,7-8,11-12H2,1H3. The van der Waals surface area contributed by atoms with Crippen molar-refractivity contribution in [3.05, 3.63) is 59.2 Å². The Morgan fingerprint density at radius 3 is 2.79 bits per heavy atom. The molecule has 24 heavy (non-hydrogen) atoms. The minimum atomic E-state index is -3.34. The molecule has 4 rings (SSSR count). The van der Waals surface area contributed by atoms with Crippen LogP contribution in [-0.2, 0) is 22.7 Å². The zero-order valence-corrected chi connectivity index (χ0v) is 14.4. The van der Waals surface area contributed by atoms with Crippen molar-refractivity contribution in [2.24, 2.45) is 0 Å². The van der Waals surface area contributed by atoms with Gasteiger partial charge in [0.15, 0.2) is 9.84 Å². The van der Waals surface area contributed by atoms with Gasteiger partial charge < -0.3 is 10.4 Å². The van der Waals surface area contributed by atoms with E-state index in [1.54, 1.807) is 30.3 Å². The Kier molecular flexibility index (Phi) is 3.48. The molecule has 2 N–H and O–H groups in total. The number of nitrogens with one attached hydrogen (secondary N) is 1. The van der Waals surface area contributed by atoms with Gasteiger partial charge in [0.1, 0.15) is 5.75 Å². The lowest BCUT2D eigenvalue weighted by molar-refractivity contribution is 0.474. The molecule has 0 saturated heterocycles. The number of sulfone groups is 1. The summed E-state index contributed by atoms with van der Waals surface area (Å²) in [5.41, 5.74) is 2.84. The van der Waals surface area contributed by atoms with E-state index in [0.717, 1.165) is 29.7 Å². The number of benzene rings is 2. The van der Waals surface area contributed by atoms with Crippen LogP contribution < -0.4 is 5.32 Å². The van der Waals surface area contributed by atoms with Crippen molar-refractivity contribution in [3.63, 3.8) is 0 Å². The normalized spacial score (nSPS) is 26.0. The topological polar surface area (TPSA) is 66.4 Å². The van der Waals surface area contributed by atoms with Crippen molar-refractivity contribution in [2.75, 3.05) is 6.54 Å². The molecule has 1 fully saturated rings. The van der Waals surface area contributed by atoms with Gasteiger partial charge in [0.05, 0.1) is 10.1 Å². The van der Waals surface area contributed by atoms with Gasteiger partial charge in [-0.3, -0.25) is 0 Å². The third-order valence-corrected chi connectivity index (χ3v) is 7.54. The van der Waals surface area contributed by atoms with Crippen molar-refractivity contribution in [1.82, 2.24) is 5.32 Å². The smallest absolute Gasteiger partial charge is 0.183 e. The van der Waals surface area contributed by atoms with E-state index in [4.69, 9.17) is 0 Å². The highest BCUT2D eigenvalue weighted by atomic mass is 32.2. The van der Waals surface area contributed by atoms with Gasteiger partial charge in [-0.25, -0.2) is 8.42 Å². The number of fused-ring (bicyclic) bond motifs is 1. The third-order valence-electron chi connectivity index (χ3n) is 5.27. The Hall–Kier alpha value is -1.85. The monoisotopic (exact) mass is 343 g/mol. The summed E-state index contributed by atoms with van der Waals surface area (Å²) in [5.74, 6) is 0.268. The predicted octanol–water partition coefficient (Wildman–Crippen LogP) is 2.37. The second kappa shape index (κ2) is 5.33. The van der Waals surface area contributed by atoms with Gasteiger partial charge in [-0.2, -0.15) is 0 Å². The van der Waals surface area contributed by atoms with Gasteiger partial charge >= 0.3 is 0 Å². The summed E-state index contributed by atoms with van der Waals surface area (Å²) in [7, 11) is -3.34. The highest BCUT2D eigenvalue weighted by Crippen LogP contribution is 2.48. The molecule has 1 spiro atoms. The van der Waals surface area contributed by atoms with Gasteiger partial charge in [-0.1, -0.05) is 18.2 Å². The highest BCUT2D eigenvalue weighted by molar-refractivity contribution is 7.92. The fraction of sp³-hybridized carbons (Fsp3) is 0.368. The number of rotatable bonds is 2. The maximum absolute atomic E-state index is 13.0. The molecule has 1 aliphatic carbocycles. The Labute approximate surface area is 142 Å². The molecule has 0 aromatic heterocycles. The average Bonchev–Trinajstić information content (AvgIpc) is 3.28. The minimum absolute atomic E-state index is 0.268. The van der Waals surface area contributed by atoms with Gasteiger partial charge in [-0.05, 0) is 73.7 Å². The van der Waals surface area contributed by atoms with Crippen molar-refractivity contribution < 1.29 is 13.5 Å². The molecule has 0 radical (unpaired) electrons. The van der Waals surface area contributed by atoms with E-state index < -0.39 is 9.84 Å². The maximum atomic E-state index is 13.0. The number of aromatic hydroxyl groups is 1. The Morgan fingerprint density at radius 2 is 2.00 bits per heavy atom. The van der Waals surface area contributed by atoms with Crippen LogP contribution >= 0.6 is 0 Å². The second-order valence-electron chi connectivity index (χ2n) is 7.02. The van der Waals surface area contributed by atoms with E-state index in [2.05, 4.69) is 5.32 Å². The lowest BCUT2D eigenvalue weighted by atomic mass is 9.99. The van der Waals surface area contributed by atoms with Crippen LogP contribution in [0.25, 0.3) is 0 Å².